The van der Waals surface area contributed by atoms with Gasteiger partial charge in [0, 0.05) is 34.9 Å². The van der Waals surface area contributed by atoms with E-state index in [9.17, 15) is 5.11 Å². The minimum Gasteiger partial charge on any atom is -0.267 e. The van der Waals surface area contributed by atoms with Gasteiger partial charge in [-0.15, -0.1) is 0 Å². The Hall–Kier alpha value is -0.390. The van der Waals surface area contributed by atoms with E-state index in [1.54, 1.807) is 0 Å². The van der Waals surface area contributed by atoms with E-state index in [1.165, 1.54) is 12.3 Å². The Balaban J connectivity index is 3.08. The predicted octanol–water partition coefficient (Wildman–Crippen LogP) is 1.22. The maximum atomic E-state index is 10.3. The second-order valence-electron chi connectivity index (χ2n) is 1.16. The fourth-order valence-electron chi connectivity index (χ4n) is 0.320. The number of hydrogen-bond acceptors (Lipinski definition) is 2. The van der Waals surface area contributed by atoms with Gasteiger partial charge in [0.25, 0.3) is 5.88 Å². The Morgan fingerprint density at radius 3 is 2.75 bits per heavy atom. The van der Waals surface area contributed by atoms with Crippen molar-refractivity contribution in [3.05, 3.63) is 16.1 Å². The number of nitrogens with zero attached hydrogens (tertiary/aromatic N) is 2. The molecule has 0 atom stereocenters. The molecule has 0 unspecified atom stereocenters. The van der Waals surface area contributed by atoms with Crippen LogP contribution in [0.4, 0.5) is 0 Å². The van der Waals surface area contributed by atoms with Gasteiger partial charge in [-0.1, -0.05) is 0 Å². The first-order valence-electron chi connectivity index (χ1n) is 1.94. The molecule has 1 aromatic rings. The van der Waals surface area contributed by atoms with Crippen LogP contribution in [0, 0.1) is 3.83 Å². The zero-order valence-corrected chi connectivity index (χ0v) is 5.99. The lowest BCUT2D eigenvalue weighted by atomic mass is 10.7. The number of halogens is 1. The second kappa shape index (κ2) is 2.25. The van der Waals surface area contributed by atoms with E-state index in [4.69, 9.17) is 0 Å². The molecule has 4 heteroatoms. The van der Waals surface area contributed by atoms with Crippen molar-refractivity contribution in [1.82, 2.24) is 9.97 Å². The van der Waals surface area contributed by atoms with Gasteiger partial charge < -0.3 is 0 Å². The molecular formula is C4H2IN2O. The molecule has 3 nitrogen and oxygen atoms in total. The van der Waals surface area contributed by atoms with Crippen LogP contribution >= 0.6 is 22.6 Å². The number of aromatic nitrogens is 2. The normalized spacial score (nSPS) is 9.12. The van der Waals surface area contributed by atoms with E-state index in [1.807, 2.05) is 22.6 Å². The van der Waals surface area contributed by atoms with Crippen molar-refractivity contribution in [3.8, 4) is 5.88 Å². The largest absolute Gasteiger partial charge is 0.273 e. The molecule has 0 N–H and O–H groups in total. The highest BCUT2D eigenvalue weighted by Gasteiger charge is 1.90. The molecule has 8 heavy (non-hydrogen) atoms. The molecule has 0 amide bonds. The van der Waals surface area contributed by atoms with Crippen molar-refractivity contribution in [3.63, 3.8) is 0 Å². The van der Waals surface area contributed by atoms with Gasteiger partial charge in [-0.3, -0.25) is 5.11 Å². The summed E-state index contributed by atoms with van der Waals surface area (Å²) < 4.78 is 0.495. The van der Waals surface area contributed by atoms with Crippen molar-refractivity contribution in [2.24, 2.45) is 0 Å². The molecule has 1 rings (SSSR count). The van der Waals surface area contributed by atoms with Crippen LogP contribution in [-0.2, 0) is 5.11 Å². The van der Waals surface area contributed by atoms with Crippen LogP contribution in [0.3, 0.4) is 0 Å². The van der Waals surface area contributed by atoms with Gasteiger partial charge in [0.2, 0.25) is 0 Å². The van der Waals surface area contributed by atoms with E-state index in [2.05, 4.69) is 9.97 Å². The van der Waals surface area contributed by atoms with Gasteiger partial charge in [0.15, 0.2) is 3.83 Å². The summed E-state index contributed by atoms with van der Waals surface area (Å²) >= 11 is 1.88. The lowest BCUT2D eigenvalue weighted by Crippen LogP contribution is -1.81. The highest BCUT2D eigenvalue weighted by atomic mass is 127. The maximum absolute atomic E-state index is 10.3. The Kier molecular flexibility index (Phi) is 1.62. The standard InChI is InChI=1S/C4H2IN2O/c5-4-6-2-1-3(8)7-4/h1-2H. The molecule has 0 bridgehead atoms. The maximum Gasteiger partial charge on any atom is 0.273 e. The summed E-state index contributed by atoms with van der Waals surface area (Å²) in [6.07, 6.45) is 1.44. The lowest BCUT2D eigenvalue weighted by molar-refractivity contribution is 0.335. The van der Waals surface area contributed by atoms with E-state index in [-0.39, 0.29) is 5.88 Å². The van der Waals surface area contributed by atoms with E-state index < -0.39 is 0 Å². The van der Waals surface area contributed by atoms with E-state index in [0.717, 1.165) is 0 Å². The Morgan fingerprint density at radius 1 is 1.62 bits per heavy atom. The summed E-state index contributed by atoms with van der Waals surface area (Å²) in [4.78, 5) is 7.21. The highest BCUT2D eigenvalue weighted by molar-refractivity contribution is 14.1. The molecule has 1 aromatic heterocycles. The summed E-state index contributed by atoms with van der Waals surface area (Å²) in [5.41, 5.74) is 0. The molecule has 41 valence electrons. The molecule has 0 aliphatic carbocycles. The molecule has 0 aliphatic rings. The summed E-state index contributed by atoms with van der Waals surface area (Å²) in [7, 11) is 0. The minimum absolute atomic E-state index is 0.232. The molecule has 0 fully saturated rings. The van der Waals surface area contributed by atoms with Gasteiger partial charge in [-0.2, -0.15) is 4.98 Å². The smallest absolute Gasteiger partial charge is 0.267 e. The summed E-state index contributed by atoms with van der Waals surface area (Å²) in [6, 6.07) is 1.32. The van der Waals surface area contributed by atoms with Crippen molar-refractivity contribution < 1.29 is 5.11 Å². The molecule has 1 radical (unpaired) electrons. The lowest BCUT2D eigenvalue weighted by Gasteiger charge is -1.83. The van der Waals surface area contributed by atoms with Crippen molar-refractivity contribution in [1.29, 1.82) is 0 Å². The van der Waals surface area contributed by atoms with Crippen LogP contribution in [0.2, 0.25) is 0 Å². The zero-order valence-electron chi connectivity index (χ0n) is 3.84. The third-order valence-electron chi connectivity index (χ3n) is 0.601. The third kappa shape index (κ3) is 1.29. The van der Waals surface area contributed by atoms with Crippen LogP contribution in [0.15, 0.2) is 12.3 Å². The highest BCUT2D eigenvalue weighted by Crippen LogP contribution is 2.03. The van der Waals surface area contributed by atoms with Crippen LogP contribution in [0.1, 0.15) is 0 Å². The van der Waals surface area contributed by atoms with Gasteiger partial charge in [-0.25, -0.2) is 4.98 Å². The number of rotatable bonds is 0. The fourth-order valence-corrected chi connectivity index (χ4v) is 0.718. The van der Waals surface area contributed by atoms with Gasteiger partial charge in [0.05, 0.1) is 0 Å². The monoisotopic (exact) mass is 221 g/mol. The topological polar surface area (TPSA) is 45.7 Å². The molecule has 0 aliphatic heterocycles. The van der Waals surface area contributed by atoms with Crippen molar-refractivity contribution >= 4 is 22.6 Å². The van der Waals surface area contributed by atoms with Crippen LogP contribution < -0.4 is 0 Å². The molecule has 1 heterocycles. The summed E-state index contributed by atoms with van der Waals surface area (Å²) in [6.45, 7) is 0. The predicted molar refractivity (Wildman–Crippen MR) is 34.9 cm³/mol. The van der Waals surface area contributed by atoms with Gasteiger partial charge in [0.1, 0.15) is 0 Å². The molecular weight excluding hydrogens is 219 g/mol. The molecule has 0 saturated carbocycles. The van der Waals surface area contributed by atoms with Gasteiger partial charge in [-0.05, 0) is 0 Å². The second-order valence-corrected chi connectivity index (χ2v) is 2.13. The Bertz CT molecular complexity index is 174. The molecule has 0 spiro atoms. The van der Waals surface area contributed by atoms with Gasteiger partial charge >= 0.3 is 0 Å². The average Bonchev–Trinajstić information content (AvgIpc) is 1.64. The summed E-state index contributed by atoms with van der Waals surface area (Å²) in [5.74, 6) is -0.232. The minimum atomic E-state index is -0.232. The van der Waals surface area contributed by atoms with E-state index in [0.29, 0.717) is 3.83 Å². The van der Waals surface area contributed by atoms with E-state index >= 15 is 0 Å². The first kappa shape index (κ1) is 5.74. The third-order valence-corrected chi connectivity index (χ3v) is 1.12. The van der Waals surface area contributed by atoms with Crippen molar-refractivity contribution in [2.75, 3.05) is 0 Å². The molecule has 0 saturated heterocycles. The first-order chi connectivity index (χ1) is 3.79. The quantitative estimate of drug-likeness (QED) is 0.488. The Labute approximate surface area is 59.9 Å². The Morgan fingerprint density at radius 2 is 2.38 bits per heavy atom. The van der Waals surface area contributed by atoms with Crippen LogP contribution in [0.5, 0.6) is 5.88 Å². The fraction of sp³-hybridized carbons (Fsp3) is 0. The number of hydrogen-bond donors (Lipinski definition) is 0. The summed E-state index contributed by atoms with van der Waals surface area (Å²) in [5, 5.41) is 10.3. The van der Waals surface area contributed by atoms with Crippen LogP contribution in [-0.4, -0.2) is 9.97 Å². The zero-order chi connectivity index (χ0) is 5.98. The average molecular weight is 221 g/mol. The first-order valence-corrected chi connectivity index (χ1v) is 3.02. The SMILES string of the molecule is [O]c1ccnc(I)n1. The van der Waals surface area contributed by atoms with Crippen LogP contribution in [0.25, 0.3) is 0 Å². The molecule has 0 aromatic carbocycles. The van der Waals surface area contributed by atoms with Crippen molar-refractivity contribution in [2.45, 2.75) is 0 Å².